The Hall–Kier alpha value is -3.56. The van der Waals surface area contributed by atoms with Crippen molar-refractivity contribution in [2.75, 3.05) is 32.7 Å². The molecule has 5 rings (SSSR count). The summed E-state index contributed by atoms with van der Waals surface area (Å²) in [5.41, 5.74) is 3.94. The number of nitro benzene ring substituents is 1. The summed E-state index contributed by atoms with van der Waals surface area (Å²) in [4.78, 5) is 44.9. The number of non-ortho nitro benzene ring substituents is 1. The first-order valence-electron chi connectivity index (χ1n) is 13.0. The highest BCUT2D eigenvalue weighted by molar-refractivity contribution is 7.10. The molecule has 38 heavy (non-hydrogen) atoms. The van der Waals surface area contributed by atoms with Crippen LogP contribution in [0.25, 0.3) is 0 Å². The lowest BCUT2D eigenvalue weighted by atomic mass is 9.89. The molecular formula is C29H32N4O4S. The molecule has 1 fully saturated rings. The van der Waals surface area contributed by atoms with E-state index in [0.29, 0.717) is 38.2 Å². The molecule has 8 nitrogen and oxygen atoms in total. The van der Waals surface area contributed by atoms with Crippen molar-refractivity contribution in [1.29, 1.82) is 0 Å². The maximum absolute atomic E-state index is 13.8. The molecular weight excluding hydrogens is 500 g/mol. The molecule has 0 saturated carbocycles. The van der Waals surface area contributed by atoms with Crippen LogP contribution in [0, 0.1) is 17.0 Å². The molecule has 2 atom stereocenters. The summed E-state index contributed by atoms with van der Waals surface area (Å²) in [7, 11) is 0. The fraction of sp³-hybridized carbons (Fsp3) is 0.379. The Morgan fingerprint density at radius 1 is 0.974 bits per heavy atom. The van der Waals surface area contributed by atoms with Crippen LogP contribution in [0.4, 0.5) is 5.69 Å². The Balaban J connectivity index is 1.31. The molecule has 2 aromatic carbocycles. The van der Waals surface area contributed by atoms with E-state index in [-0.39, 0.29) is 29.6 Å². The molecule has 9 heteroatoms. The van der Waals surface area contributed by atoms with Crippen molar-refractivity contribution in [3.05, 3.63) is 97.2 Å². The second-order valence-corrected chi connectivity index (χ2v) is 11.0. The quantitative estimate of drug-likeness (QED) is 0.352. The van der Waals surface area contributed by atoms with Crippen molar-refractivity contribution in [3.63, 3.8) is 0 Å². The highest BCUT2D eigenvalue weighted by Crippen LogP contribution is 2.40. The van der Waals surface area contributed by atoms with Crippen LogP contribution in [-0.2, 0) is 11.2 Å². The Labute approximate surface area is 226 Å². The normalized spacial score (nSPS) is 18.9. The minimum Gasteiger partial charge on any atom is -0.340 e. The molecule has 0 N–H and O–H groups in total. The third-order valence-electron chi connectivity index (χ3n) is 7.74. The highest BCUT2D eigenvalue weighted by atomic mass is 32.1. The van der Waals surface area contributed by atoms with Gasteiger partial charge in [0.25, 0.3) is 11.6 Å². The number of rotatable bonds is 5. The van der Waals surface area contributed by atoms with Crippen molar-refractivity contribution in [1.82, 2.24) is 14.7 Å². The van der Waals surface area contributed by atoms with E-state index in [0.717, 1.165) is 13.0 Å². The highest BCUT2D eigenvalue weighted by Gasteiger charge is 2.37. The van der Waals surface area contributed by atoms with Gasteiger partial charge in [0, 0.05) is 55.3 Å². The van der Waals surface area contributed by atoms with E-state index >= 15 is 0 Å². The van der Waals surface area contributed by atoms with Crippen molar-refractivity contribution in [2.45, 2.75) is 38.8 Å². The number of carbonyl (C=O) groups is 2. The van der Waals surface area contributed by atoms with E-state index in [1.165, 1.54) is 39.8 Å². The molecule has 198 valence electrons. The van der Waals surface area contributed by atoms with Crippen molar-refractivity contribution >= 4 is 28.8 Å². The number of hydrogen-bond acceptors (Lipinski definition) is 6. The second kappa shape index (κ2) is 11.0. The number of nitro groups is 1. The first kappa shape index (κ1) is 26.1. The summed E-state index contributed by atoms with van der Waals surface area (Å²) in [5.74, 6) is -0.163. The van der Waals surface area contributed by atoms with Gasteiger partial charge in [0.15, 0.2) is 0 Å². The summed E-state index contributed by atoms with van der Waals surface area (Å²) in [6, 6.07) is 16.2. The summed E-state index contributed by atoms with van der Waals surface area (Å²) in [6.07, 6.45) is 1.59. The number of thiophene rings is 1. The van der Waals surface area contributed by atoms with Crippen LogP contribution >= 0.6 is 11.3 Å². The minimum atomic E-state index is -0.495. The number of carbonyl (C=O) groups excluding carboxylic acids is 2. The predicted molar refractivity (Wildman–Crippen MR) is 147 cm³/mol. The topological polar surface area (TPSA) is 87.0 Å². The zero-order valence-electron chi connectivity index (χ0n) is 21.7. The predicted octanol–water partition coefficient (Wildman–Crippen LogP) is 4.68. The molecule has 0 aliphatic carbocycles. The number of amides is 2. The summed E-state index contributed by atoms with van der Waals surface area (Å²) < 4.78 is 0. The number of benzene rings is 2. The summed E-state index contributed by atoms with van der Waals surface area (Å²) >= 11 is 1.79. The van der Waals surface area contributed by atoms with Crippen LogP contribution in [0.3, 0.4) is 0 Å². The molecule has 2 amide bonds. The molecule has 2 aliphatic heterocycles. The van der Waals surface area contributed by atoms with Crippen LogP contribution in [0.2, 0.25) is 0 Å². The molecule has 0 bridgehead atoms. The van der Waals surface area contributed by atoms with Crippen LogP contribution in [-0.4, -0.2) is 70.2 Å². The average molecular weight is 533 g/mol. The van der Waals surface area contributed by atoms with E-state index in [1.54, 1.807) is 22.3 Å². The number of aryl methyl sites for hydroxylation is 1. The lowest BCUT2D eigenvalue weighted by Crippen LogP contribution is -2.51. The van der Waals surface area contributed by atoms with Crippen LogP contribution in [0.5, 0.6) is 0 Å². The van der Waals surface area contributed by atoms with Crippen LogP contribution in [0.1, 0.15) is 51.3 Å². The first-order chi connectivity index (χ1) is 18.3. The molecule has 2 aliphatic rings. The maximum Gasteiger partial charge on any atom is 0.270 e. The van der Waals surface area contributed by atoms with E-state index in [2.05, 4.69) is 41.5 Å². The van der Waals surface area contributed by atoms with Crippen molar-refractivity contribution in [2.24, 2.45) is 0 Å². The molecule has 1 saturated heterocycles. The molecule has 3 heterocycles. The van der Waals surface area contributed by atoms with Crippen molar-refractivity contribution < 1.29 is 14.5 Å². The van der Waals surface area contributed by atoms with Crippen molar-refractivity contribution in [3.8, 4) is 0 Å². The van der Waals surface area contributed by atoms with Crippen LogP contribution < -0.4 is 0 Å². The second-order valence-electron chi connectivity index (χ2n) is 10.0. The SMILES string of the molecule is Cc1ccccc1[C@H]1c2ccsc2CCN1[C@H](C)C(=O)N1CCCN(C(=O)c2cccc([N+](=O)[O-])c2)CC1. The van der Waals surface area contributed by atoms with E-state index in [1.807, 2.05) is 17.9 Å². The first-order valence-corrected chi connectivity index (χ1v) is 13.9. The van der Waals surface area contributed by atoms with Crippen LogP contribution in [0.15, 0.2) is 60.0 Å². The van der Waals surface area contributed by atoms with Gasteiger partial charge >= 0.3 is 0 Å². The van der Waals surface area contributed by atoms with Gasteiger partial charge in [0.2, 0.25) is 5.91 Å². The molecule has 0 spiro atoms. The van der Waals surface area contributed by atoms with Gasteiger partial charge in [-0.25, -0.2) is 0 Å². The Morgan fingerprint density at radius 3 is 2.53 bits per heavy atom. The molecule has 0 radical (unpaired) electrons. The minimum absolute atomic E-state index is 0.0316. The third-order valence-corrected chi connectivity index (χ3v) is 8.74. The lowest BCUT2D eigenvalue weighted by molar-refractivity contribution is -0.384. The fourth-order valence-corrected chi connectivity index (χ4v) is 6.58. The lowest BCUT2D eigenvalue weighted by Gasteiger charge is -2.41. The smallest absolute Gasteiger partial charge is 0.270 e. The standard InChI is InChI=1S/C29H32N4O4S/c1-20-7-3-4-10-24(20)27-25-12-18-38-26(25)11-15-32(27)21(2)28(34)30-13-6-14-31(17-16-30)29(35)22-8-5-9-23(19-22)33(36)37/h3-5,7-10,12,18-19,21,27H,6,11,13-17H2,1-2H3/t21-,27+/m1/s1. The van der Waals surface area contributed by atoms with Gasteiger partial charge in [-0.2, -0.15) is 0 Å². The zero-order chi connectivity index (χ0) is 26.8. The Morgan fingerprint density at radius 2 is 1.74 bits per heavy atom. The number of hydrogen-bond donors (Lipinski definition) is 0. The monoisotopic (exact) mass is 532 g/mol. The largest absolute Gasteiger partial charge is 0.340 e. The molecule has 3 aromatic rings. The van der Waals surface area contributed by atoms with Gasteiger partial charge in [-0.3, -0.25) is 24.6 Å². The molecule has 0 unspecified atom stereocenters. The number of nitrogens with zero attached hydrogens (tertiary/aromatic N) is 4. The van der Waals surface area contributed by atoms with Gasteiger partial charge in [-0.1, -0.05) is 30.3 Å². The van der Waals surface area contributed by atoms with E-state index in [9.17, 15) is 19.7 Å². The molecule has 1 aromatic heterocycles. The van der Waals surface area contributed by atoms with E-state index in [4.69, 9.17) is 0 Å². The van der Waals surface area contributed by atoms with Gasteiger partial charge < -0.3 is 9.80 Å². The van der Waals surface area contributed by atoms with E-state index < -0.39 is 4.92 Å². The summed E-state index contributed by atoms with van der Waals surface area (Å²) in [6.45, 7) is 6.86. The van der Waals surface area contributed by atoms with Gasteiger partial charge in [0.1, 0.15) is 0 Å². The number of fused-ring (bicyclic) bond motifs is 1. The van der Waals surface area contributed by atoms with Gasteiger partial charge in [-0.15, -0.1) is 11.3 Å². The zero-order valence-corrected chi connectivity index (χ0v) is 22.5. The third kappa shape index (κ3) is 5.08. The Bertz CT molecular complexity index is 1360. The Kier molecular flexibility index (Phi) is 7.58. The maximum atomic E-state index is 13.8. The summed E-state index contributed by atoms with van der Waals surface area (Å²) in [5, 5.41) is 13.3. The van der Waals surface area contributed by atoms with Gasteiger partial charge in [-0.05, 0) is 60.9 Å². The fourth-order valence-electron chi connectivity index (χ4n) is 5.67. The average Bonchev–Trinajstić information content (AvgIpc) is 3.28. The van der Waals surface area contributed by atoms with Gasteiger partial charge in [0.05, 0.1) is 17.0 Å².